The van der Waals surface area contributed by atoms with E-state index in [4.69, 9.17) is 11.6 Å². The maximum Gasteiger partial charge on any atom is 0.274 e. The van der Waals surface area contributed by atoms with Crippen LogP contribution in [0.2, 0.25) is 5.02 Å². The number of aromatic nitrogens is 4. The van der Waals surface area contributed by atoms with E-state index < -0.39 is 5.95 Å². The molecule has 8 heteroatoms. The molecule has 1 unspecified atom stereocenters. The number of carbonyl (C=O) groups excluding carboxylic acids is 1. The number of benzene rings is 1. The molecule has 1 aromatic carbocycles. The molecule has 1 aliphatic rings. The van der Waals surface area contributed by atoms with Crippen LogP contribution in [0.15, 0.2) is 55.0 Å². The summed E-state index contributed by atoms with van der Waals surface area (Å²) < 4.78 is 15.6. The Morgan fingerprint density at radius 2 is 2.10 bits per heavy atom. The van der Waals surface area contributed by atoms with Gasteiger partial charge in [0, 0.05) is 30.6 Å². The summed E-state index contributed by atoms with van der Waals surface area (Å²) in [5.74, 6) is -0.643. The summed E-state index contributed by atoms with van der Waals surface area (Å²) in [4.78, 5) is 22.9. The summed E-state index contributed by atoms with van der Waals surface area (Å²) in [7, 11) is 0. The molecule has 4 heterocycles. The van der Waals surface area contributed by atoms with Crippen molar-refractivity contribution in [2.75, 3.05) is 6.54 Å². The molecule has 3 aromatic heterocycles. The third kappa shape index (κ3) is 3.11. The van der Waals surface area contributed by atoms with Gasteiger partial charge in [0.15, 0.2) is 11.3 Å². The van der Waals surface area contributed by atoms with Gasteiger partial charge < -0.3 is 4.90 Å². The molecule has 0 saturated heterocycles. The van der Waals surface area contributed by atoms with Crippen LogP contribution < -0.4 is 0 Å². The van der Waals surface area contributed by atoms with E-state index in [0.717, 1.165) is 16.7 Å². The van der Waals surface area contributed by atoms with Crippen molar-refractivity contribution in [3.63, 3.8) is 0 Å². The first-order chi connectivity index (χ1) is 14.5. The minimum absolute atomic E-state index is 0.129. The zero-order valence-electron chi connectivity index (χ0n) is 16.1. The maximum atomic E-state index is 14.1. The van der Waals surface area contributed by atoms with Crippen LogP contribution in [-0.2, 0) is 6.42 Å². The molecule has 1 amide bonds. The van der Waals surface area contributed by atoms with E-state index in [1.165, 1.54) is 16.9 Å². The zero-order valence-corrected chi connectivity index (χ0v) is 16.8. The van der Waals surface area contributed by atoms with E-state index in [2.05, 4.69) is 15.1 Å². The average molecular weight is 422 g/mol. The molecule has 0 fully saturated rings. The van der Waals surface area contributed by atoms with Crippen LogP contribution in [0.3, 0.4) is 0 Å². The highest BCUT2D eigenvalue weighted by atomic mass is 35.5. The van der Waals surface area contributed by atoms with Crippen LogP contribution in [0.4, 0.5) is 4.39 Å². The maximum absolute atomic E-state index is 14.1. The molecule has 30 heavy (non-hydrogen) atoms. The van der Waals surface area contributed by atoms with E-state index in [0.29, 0.717) is 34.9 Å². The van der Waals surface area contributed by atoms with Crippen LogP contribution in [0.25, 0.3) is 16.8 Å². The Labute approximate surface area is 177 Å². The van der Waals surface area contributed by atoms with Crippen LogP contribution >= 0.6 is 11.6 Å². The molecule has 0 saturated carbocycles. The molecule has 0 spiro atoms. The smallest absolute Gasteiger partial charge is 0.274 e. The Bertz CT molecular complexity index is 1290. The van der Waals surface area contributed by atoms with Gasteiger partial charge >= 0.3 is 0 Å². The Hall–Kier alpha value is -3.32. The fraction of sp³-hybridized carbons (Fsp3) is 0.182. The number of hydrogen-bond donors (Lipinski definition) is 0. The first kappa shape index (κ1) is 18.7. The number of amides is 1. The van der Waals surface area contributed by atoms with Gasteiger partial charge in [0.1, 0.15) is 0 Å². The molecule has 6 nitrogen and oxygen atoms in total. The summed E-state index contributed by atoms with van der Waals surface area (Å²) in [6.07, 6.45) is 5.26. The second-order valence-electron chi connectivity index (χ2n) is 7.28. The van der Waals surface area contributed by atoms with Crippen LogP contribution in [0.5, 0.6) is 0 Å². The third-order valence-corrected chi connectivity index (χ3v) is 5.71. The van der Waals surface area contributed by atoms with Gasteiger partial charge in [0.25, 0.3) is 5.91 Å². The quantitative estimate of drug-likeness (QED) is 0.451. The lowest BCUT2D eigenvalue weighted by atomic mass is 9.90. The molecular formula is C22H17ClFN5O. The number of hydrogen-bond acceptors (Lipinski definition) is 4. The van der Waals surface area contributed by atoms with Gasteiger partial charge in [0.05, 0.1) is 17.3 Å². The largest absolute Gasteiger partial charge is 0.330 e. The molecule has 5 rings (SSSR count). The summed E-state index contributed by atoms with van der Waals surface area (Å²) >= 11 is 5.96. The summed E-state index contributed by atoms with van der Waals surface area (Å²) in [6, 6.07) is 10.8. The molecule has 1 atom stereocenters. The lowest BCUT2D eigenvalue weighted by Gasteiger charge is -2.35. The Kier molecular flexibility index (Phi) is 4.47. The van der Waals surface area contributed by atoms with Crippen LogP contribution in [0.1, 0.15) is 34.6 Å². The van der Waals surface area contributed by atoms with Crippen molar-refractivity contribution in [1.82, 2.24) is 24.5 Å². The van der Waals surface area contributed by atoms with Gasteiger partial charge in [-0.15, -0.1) is 0 Å². The van der Waals surface area contributed by atoms with Crippen molar-refractivity contribution in [3.8, 4) is 11.1 Å². The van der Waals surface area contributed by atoms with Crippen molar-refractivity contribution in [1.29, 1.82) is 0 Å². The fourth-order valence-electron chi connectivity index (χ4n) is 3.98. The molecule has 0 N–H and O–H groups in total. The van der Waals surface area contributed by atoms with Gasteiger partial charge in [-0.2, -0.15) is 9.49 Å². The number of rotatable bonds is 2. The SMILES string of the molecule is CC1c2ccc(-c3cccnc3F)cc2CCN1C(=O)c1cc2ncc(Cl)cn2n1. The van der Waals surface area contributed by atoms with E-state index in [1.54, 1.807) is 29.3 Å². The normalized spacial score (nSPS) is 16.0. The Morgan fingerprint density at radius 1 is 1.23 bits per heavy atom. The Balaban J connectivity index is 1.45. The van der Waals surface area contributed by atoms with Crippen molar-refractivity contribution in [3.05, 3.63) is 82.8 Å². The van der Waals surface area contributed by atoms with E-state index in [-0.39, 0.29) is 11.9 Å². The standard InChI is InChI=1S/C22H17ClFN5O/c1-13-17-5-4-14(18-3-2-7-25-21(18)24)9-15(17)6-8-28(13)22(30)19-10-20-26-11-16(23)12-29(20)27-19/h2-5,7,9-13H,6,8H2,1H3. The minimum atomic E-state index is -0.487. The average Bonchev–Trinajstić information content (AvgIpc) is 3.17. The summed E-state index contributed by atoms with van der Waals surface area (Å²) in [5.41, 5.74) is 4.31. The van der Waals surface area contributed by atoms with Gasteiger partial charge in [-0.1, -0.05) is 29.8 Å². The molecular weight excluding hydrogens is 405 g/mol. The van der Waals surface area contributed by atoms with Crippen molar-refractivity contribution in [2.45, 2.75) is 19.4 Å². The van der Waals surface area contributed by atoms with Crippen LogP contribution in [-0.4, -0.2) is 36.9 Å². The van der Waals surface area contributed by atoms with E-state index in [9.17, 15) is 9.18 Å². The van der Waals surface area contributed by atoms with E-state index in [1.807, 2.05) is 25.1 Å². The summed E-state index contributed by atoms with van der Waals surface area (Å²) in [6.45, 7) is 2.54. The predicted octanol–water partition coefficient (Wildman–Crippen LogP) is 4.34. The number of carbonyl (C=O) groups is 1. The van der Waals surface area contributed by atoms with Crippen molar-refractivity contribution in [2.24, 2.45) is 0 Å². The minimum Gasteiger partial charge on any atom is -0.330 e. The molecule has 0 radical (unpaired) electrons. The van der Waals surface area contributed by atoms with Crippen molar-refractivity contribution < 1.29 is 9.18 Å². The third-order valence-electron chi connectivity index (χ3n) is 5.51. The molecule has 4 aromatic rings. The Morgan fingerprint density at radius 3 is 2.93 bits per heavy atom. The number of halogens is 2. The fourth-order valence-corrected chi connectivity index (χ4v) is 4.13. The lowest BCUT2D eigenvalue weighted by Crippen LogP contribution is -2.39. The van der Waals surface area contributed by atoms with Gasteiger partial charge in [-0.25, -0.2) is 14.5 Å². The van der Waals surface area contributed by atoms with Crippen molar-refractivity contribution >= 4 is 23.2 Å². The second kappa shape index (κ2) is 7.18. The first-order valence-electron chi connectivity index (χ1n) is 9.57. The molecule has 1 aliphatic heterocycles. The lowest BCUT2D eigenvalue weighted by molar-refractivity contribution is 0.0671. The van der Waals surface area contributed by atoms with E-state index >= 15 is 0 Å². The first-order valence-corrected chi connectivity index (χ1v) is 9.94. The monoisotopic (exact) mass is 421 g/mol. The highest BCUT2D eigenvalue weighted by molar-refractivity contribution is 6.30. The topological polar surface area (TPSA) is 63.4 Å². The van der Waals surface area contributed by atoms with Gasteiger partial charge in [-0.05, 0) is 42.2 Å². The molecule has 0 aliphatic carbocycles. The second-order valence-corrected chi connectivity index (χ2v) is 7.72. The summed E-state index contributed by atoms with van der Waals surface area (Å²) in [5, 5.41) is 4.78. The number of fused-ring (bicyclic) bond motifs is 2. The molecule has 150 valence electrons. The highest BCUT2D eigenvalue weighted by Crippen LogP contribution is 2.33. The number of nitrogens with zero attached hydrogens (tertiary/aromatic N) is 5. The van der Waals surface area contributed by atoms with Crippen LogP contribution in [0, 0.1) is 5.95 Å². The van der Waals surface area contributed by atoms with Gasteiger partial charge in [-0.3, -0.25) is 4.79 Å². The highest BCUT2D eigenvalue weighted by Gasteiger charge is 2.30. The van der Waals surface area contributed by atoms with Gasteiger partial charge in [0.2, 0.25) is 5.95 Å². The number of pyridine rings is 1. The molecule has 0 bridgehead atoms. The zero-order chi connectivity index (χ0) is 20.8. The predicted molar refractivity (Wildman–Crippen MR) is 111 cm³/mol.